The fraction of sp³-hybridized carbons (Fsp3) is 0.550. The number of rotatable bonds is 3. The number of hydrogen-bond donors (Lipinski definition) is 3. The lowest BCUT2D eigenvalue weighted by Crippen LogP contribution is -2.20. The first kappa shape index (κ1) is 34.5. The van der Waals surface area contributed by atoms with Crippen LogP contribution in [-0.4, -0.2) is 15.3 Å². The van der Waals surface area contributed by atoms with Crippen LogP contribution in [0.2, 0.25) is 0 Å². The molecule has 3 aromatic carbocycles. The van der Waals surface area contributed by atoms with Gasteiger partial charge in [-0.05, 0) is 80.4 Å². The zero-order valence-corrected chi connectivity index (χ0v) is 29.9. The Morgan fingerprint density at radius 1 is 0.465 bits per heavy atom. The third kappa shape index (κ3) is 6.92. The molecule has 3 nitrogen and oxygen atoms in total. The minimum Gasteiger partial charge on any atom is -0.507 e. The molecule has 0 aliphatic rings. The Morgan fingerprint density at radius 2 is 0.884 bits per heavy atom. The van der Waals surface area contributed by atoms with Crippen molar-refractivity contribution in [2.75, 3.05) is 0 Å². The summed E-state index contributed by atoms with van der Waals surface area (Å²) in [5, 5.41) is 35.0. The summed E-state index contributed by atoms with van der Waals surface area (Å²) in [6.45, 7) is 34.1. The van der Waals surface area contributed by atoms with Crippen LogP contribution >= 0.6 is 0 Å². The zero-order chi connectivity index (χ0) is 33.2. The van der Waals surface area contributed by atoms with Gasteiger partial charge in [0, 0.05) is 27.8 Å². The van der Waals surface area contributed by atoms with Crippen molar-refractivity contribution in [2.45, 2.75) is 144 Å². The van der Waals surface area contributed by atoms with Gasteiger partial charge in [0.25, 0.3) is 0 Å². The molecule has 0 radical (unpaired) electrons. The number of benzene rings is 3. The van der Waals surface area contributed by atoms with Crippen LogP contribution in [0.3, 0.4) is 0 Å². The predicted octanol–water partition coefficient (Wildman–Crippen LogP) is 10.9. The SMILES string of the molecule is Cc1c(Cc2ccc(C(C)(C)C)c(O)c2C(C)(C)C)cc(C(C)(C)C)c(O)c1-c1cc(C(C)(C)C)c(O)c(C(C)(C)C)c1. The normalized spacial score (nSPS) is 13.5. The van der Waals surface area contributed by atoms with Crippen molar-refractivity contribution in [3.05, 3.63) is 74.8 Å². The molecule has 3 heteroatoms. The lowest BCUT2D eigenvalue weighted by molar-refractivity contribution is 0.421. The van der Waals surface area contributed by atoms with E-state index in [9.17, 15) is 15.3 Å². The minimum atomic E-state index is -0.303. The molecule has 236 valence electrons. The largest absolute Gasteiger partial charge is 0.507 e. The first-order valence-electron chi connectivity index (χ1n) is 15.8. The van der Waals surface area contributed by atoms with E-state index in [-0.39, 0.29) is 27.1 Å². The van der Waals surface area contributed by atoms with Crippen LogP contribution in [-0.2, 0) is 33.5 Å². The molecule has 0 heterocycles. The van der Waals surface area contributed by atoms with Crippen LogP contribution in [0.1, 0.15) is 148 Å². The average molecular weight is 587 g/mol. The Bertz CT molecular complexity index is 1480. The fourth-order valence-electron chi connectivity index (χ4n) is 6.28. The second-order valence-electron chi connectivity index (χ2n) is 17.8. The Labute approximate surface area is 262 Å². The number of phenolic OH excluding ortho intramolecular Hbond substituents is 3. The van der Waals surface area contributed by atoms with Crippen molar-refractivity contribution >= 4 is 0 Å². The van der Waals surface area contributed by atoms with E-state index in [0.29, 0.717) is 23.7 Å². The Hall–Kier alpha value is -2.94. The van der Waals surface area contributed by atoms with Crippen molar-refractivity contribution in [1.82, 2.24) is 0 Å². The Morgan fingerprint density at radius 3 is 1.28 bits per heavy atom. The molecule has 0 spiro atoms. The lowest BCUT2D eigenvalue weighted by Gasteiger charge is -2.31. The summed E-state index contributed by atoms with van der Waals surface area (Å²) in [6, 6.07) is 10.5. The van der Waals surface area contributed by atoms with Gasteiger partial charge in [0.1, 0.15) is 17.2 Å². The zero-order valence-electron chi connectivity index (χ0n) is 29.9. The molecule has 0 bridgehead atoms. The molecule has 3 rings (SSSR count). The van der Waals surface area contributed by atoms with Gasteiger partial charge in [-0.1, -0.05) is 122 Å². The van der Waals surface area contributed by atoms with Crippen LogP contribution in [0, 0.1) is 6.92 Å². The molecule has 0 unspecified atom stereocenters. The van der Waals surface area contributed by atoms with Gasteiger partial charge in [0.15, 0.2) is 0 Å². The highest BCUT2D eigenvalue weighted by atomic mass is 16.3. The van der Waals surface area contributed by atoms with Gasteiger partial charge in [-0.15, -0.1) is 0 Å². The maximum Gasteiger partial charge on any atom is 0.127 e. The number of phenols is 3. The molecule has 3 N–H and O–H groups in total. The second-order valence-corrected chi connectivity index (χ2v) is 17.8. The van der Waals surface area contributed by atoms with Crippen molar-refractivity contribution in [3.63, 3.8) is 0 Å². The predicted molar refractivity (Wildman–Crippen MR) is 184 cm³/mol. The Kier molecular flexibility index (Phi) is 8.75. The molecule has 0 atom stereocenters. The molecular weight excluding hydrogens is 528 g/mol. The van der Waals surface area contributed by atoms with Gasteiger partial charge in [-0.3, -0.25) is 0 Å². The Balaban J connectivity index is 2.45. The summed E-state index contributed by atoms with van der Waals surface area (Å²) in [5.74, 6) is 1.01. The summed E-state index contributed by atoms with van der Waals surface area (Å²) < 4.78 is 0. The van der Waals surface area contributed by atoms with Gasteiger partial charge in [-0.2, -0.15) is 0 Å². The molecule has 0 amide bonds. The van der Waals surface area contributed by atoms with Crippen LogP contribution in [0.15, 0.2) is 30.3 Å². The smallest absolute Gasteiger partial charge is 0.127 e. The van der Waals surface area contributed by atoms with Gasteiger partial charge < -0.3 is 15.3 Å². The van der Waals surface area contributed by atoms with E-state index in [1.54, 1.807) is 0 Å². The standard InChI is InChI=1S/C40H58O3/c1-23-25(19-24-17-18-27(36(2,3)4)35(43)32(24)40(14,15)16)20-30(39(11,12)13)34(42)31(23)26-21-28(37(5,6)7)33(41)29(22-26)38(8,9)10/h17-18,20-22,41-43H,19H2,1-16H3. The third-order valence-corrected chi connectivity index (χ3v) is 8.69. The van der Waals surface area contributed by atoms with E-state index in [1.807, 2.05) is 0 Å². The van der Waals surface area contributed by atoms with E-state index >= 15 is 0 Å². The van der Waals surface area contributed by atoms with Crippen molar-refractivity contribution in [2.24, 2.45) is 0 Å². The molecule has 0 saturated carbocycles. The first-order chi connectivity index (χ1) is 19.2. The molecule has 0 aliphatic heterocycles. The lowest BCUT2D eigenvalue weighted by atomic mass is 9.74. The summed E-state index contributed by atoms with van der Waals surface area (Å²) in [6.07, 6.45) is 0.628. The van der Waals surface area contributed by atoms with E-state index in [0.717, 1.165) is 55.6 Å². The highest BCUT2D eigenvalue weighted by Crippen LogP contribution is 2.48. The van der Waals surface area contributed by atoms with Gasteiger partial charge >= 0.3 is 0 Å². The molecule has 0 aromatic heterocycles. The maximum atomic E-state index is 12.0. The summed E-state index contributed by atoms with van der Waals surface area (Å²) in [5.41, 5.74) is 8.17. The average Bonchev–Trinajstić information content (AvgIpc) is 2.77. The quantitative estimate of drug-likeness (QED) is 0.286. The number of hydrogen-bond acceptors (Lipinski definition) is 3. The second kappa shape index (κ2) is 10.9. The highest BCUT2D eigenvalue weighted by Gasteiger charge is 2.32. The van der Waals surface area contributed by atoms with E-state index in [4.69, 9.17) is 0 Å². The van der Waals surface area contributed by atoms with Crippen LogP contribution in [0.5, 0.6) is 17.2 Å². The molecule has 0 fully saturated rings. The van der Waals surface area contributed by atoms with Crippen LogP contribution < -0.4 is 0 Å². The van der Waals surface area contributed by atoms with E-state index in [1.165, 1.54) is 0 Å². The summed E-state index contributed by atoms with van der Waals surface area (Å²) in [4.78, 5) is 0. The summed E-state index contributed by atoms with van der Waals surface area (Å²) in [7, 11) is 0. The van der Waals surface area contributed by atoms with Crippen LogP contribution in [0.4, 0.5) is 0 Å². The van der Waals surface area contributed by atoms with Crippen LogP contribution in [0.25, 0.3) is 11.1 Å². The molecule has 0 saturated heterocycles. The topological polar surface area (TPSA) is 60.7 Å². The molecule has 3 aromatic rings. The molecule has 43 heavy (non-hydrogen) atoms. The minimum absolute atomic E-state index is 0.183. The highest BCUT2D eigenvalue weighted by molar-refractivity contribution is 5.80. The fourth-order valence-corrected chi connectivity index (χ4v) is 6.28. The van der Waals surface area contributed by atoms with Gasteiger partial charge in [-0.25, -0.2) is 0 Å². The first-order valence-corrected chi connectivity index (χ1v) is 15.8. The third-order valence-electron chi connectivity index (χ3n) is 8.69. The number of aromatic hydroxyl groups is 3. The van der Waals surface area contributed by atoms with Crippen molar-refractivity contribution in [3.8, 4) is 28.4 Å². The van der Waals surface area contributed by atoms with E-state index < -0.39 is 0 Å². The molecular formula is C40H58O3. The van der Waals surface area contributed by atoms with Crippen molar-refractivity contribution < 1.29 is 15.3 Å². The maximum absolute atomic E-state index is 12.0. The summed E-state index contributed by atoms with van der Waals surface area (Å²) >= 11 is 0. The van der Waals surface area contributed by atoms with Crippen molar-refractivity contribution in [1.29, 1.82) is 0 Å². The van der Waals surface area contributed by atoms with Gasteiger partial charge in [0.05, 0.1) is 0 Å². The van der Waals surface area contributed by atoms with Gasteiger partial charge in [0.2, 0.25) is 0 Å². The molecule has 0 aliphatic carbocycles. The van der Waals surface area contributed by atoms with E-state index in [2.05, 4.69) is 141 Å². The monoisotopic (exact) mass is 586 g/mol.